The smallest absolute Gasteiger partial charge is 0.387 e. The van der Waals surface area contributed by atoms with Crippen LogP contribution in [-0.4, -0.2) is 36.5 Å². The molecule has 2 N–H and O–H groups in total. The van der Waals surface area contributed by atoms with Gasteiger partial charge in [0.1, 0.15) is 5.75 Å². The third-order valence-electron chi connectivity index (χ3n) is 3.58. The Labute approximate surface area is 116 Å². The van der Waals surface area contributed by atoms with E-state index in [1.165, 1.54) is 24.3 Å². The standard InChI is InChI=1S/C14H18F2N2O2/c1-9(17)11-6-7-18(8-11)13(19)10-2-4-12(5-3-10)20-14(15)16/h2-5,9,11,14H,6-8,17H2,1H3. The molecule has 0 aliphatic carbocycles. The Morgan fingerprint density at radius 3 is 2.55 bits per heavy atom. The lowest BCUT2D eigenvalue weighted by Crippen LogP contribution is -2.32. The number of benzene rings is 1. The first-order chi connectivity index (χ1) is 9.47. The fraction of sp³-hybridized carbons (Fsp3) is 0.500. The highest BCUT2D eigenvalue weighted by molar-refractivity contribution is 5.94. The Bertz CT molecular complexity index is 463. The summed E-state index contributed by atoms with van der Waals surface area (Å²) in [4.78, 5) is 14.0. The first kappa shape index (κ1) is 14.7. The molecule has 0 spiro atoms. The number of ether oxygens (including phenoxy) is 1. The van der Waals surface area contributed by atoms with Crippen LogP contribution in [0.4, 0.5) is 8.78 Å². The van der Waals surface area contributed by atoms with Gasteiger partial charge in [-0.25, -0.2) is 0 Å². The van der Waals surface area contributed by atoms with Crippen molar-refractivity contribution >= 4 is 5.91 Å². The van der Waals surface area contributed by atoms with Gasteiger partial charge in [-0.1, -0.05) is 0 Å². The Hall–Kier alpha value is -1.69. The maximum Gasteiger partial charge on any atom is 0.387 e. The molecule has 0 bridgehead atoms. The molecule has 1 aromatic carbocycles. The topological polar surface area (TPSA) is 55.6 Å². The minimum Gasteiger partial charge on any atom is -0.435 e. The summed E-state index contributed by atoms with van der Waals surface area (Å²) in [5.41, 5.74) is 6.31. The normalized spacial score (nSPS) is 20.2. The second-order valence-electron chi connectivity index (χ2n) is 5.06. The van der Waals surface area contributed by atoms with Crippen molar-refractivity contribution in [3.05, 3.63) is 29.8 Å². The summed E-state index contributed by atoms with van der Waals surface area (Å²) in [6, 6.07) is 5.81. The van der Waals surface area contributed by atoms with Crippen LogP contribution in [0.25, 0.3) is 0 Å². The van der Waals surface area contributed by atoms with E-state index >= 15 is 0 Å². The van der Waals surface area contributed by atoms with Crippen molar-refractivity contribution in [1.82, 2.24) is 4.90 Å². The summed E-state index contributed by atoms with van der Waals surface area (Å²) in [5.74, 6) is 0.267. The van der Waals surface area contributed by atoms with Crippen LogP contribution in [0, 0.1) is 5.92 Å². The summed E-state index contributed by atoms with van der Waals surface area (Å²) in [5, 5.41) is 0. The molecule has 4 nitrogen and oxygen atoms in total. The summed E-state index contributed by atoms with van der Waals surface area (Å²) >= 11 is 0. The van der Waals surface area contributed by atoms with E-state index in [4.69, 9.17) is 5.73 Å². The number of carbonyl (C=O) groups is 1. The number of halogens is 2. The Morgan fingerprint density at radius 2 is 2.05 bits per heavy atom. The molecule has 6 heteroatoms. The fourth-order valence-electron chi connectivity index (χ4n) is 2.36. The quantitative estimate of drug-likeness (QED) is 0.921. The highest BCUT2D eigenvalue weighted by atomic mass is 19.3. The van der Waals surface area contributed by atoms with Gasteiger partial charge < -0.3 is 15.4 Å². The maximum atomic E-state index is 12.2. The Balaban J connectivity index is 1.99. The van der Waals surface area contributed by atoms with E-state index in [9.17, 15) is 13.6 Å². The van der Waals surface area contributed by atoms with Crippen molar-refractivity contribution in [2.45, 2.75) is 26.0 Å². The molecule has 1 heterocycles. The zero-order chi connectivity index (χ0) is 14.7. The lowest BCUT2D eigenvalue weighted by Gasteiger charge is -2.18. The highest BCUT2D eigenvalue weighted by Gasteiger charge is 2.28. The summed E-state index contributed by atoms with van der Waals surface area (Å²) in [6.45, 7) is 0.406. The largest absolute Gasteiger partial charge is 0.435 e. The molecular formula is C14H18F2N2O2. The number of carbonyl (C=O) groups excluding carboxylic acids is 1. The molecule has 2 atom stereocenters. The van der Waals surface area contributed by atoms with Crippen LogP contribution >= 0.6 is 0 Å². The number of alkyl halides is 2. The average Bonchev–Trinajstić information content (AvgIpc) is 2.88. The van der Waals surface area contributed by atoms with Crippen LogP contribution in [0.5, 0.6) is 5.75 Å². The number of rotatable bonds is 4. The van der Waals surface area contributed by atoms with Crippen LogP contribution in [0.3, 0.4) is 0 Å². The van der Waals surface area contributed by atoms with Crippen molar-refractivity contribution in [2.24, 2.45) is 11.7 Å². The number of hydrogen-bond donors (Lipinski definition) is 1. The summed E-state index contributed by atoms with van der Waals surface area (Å²) in [7, 11) is 0. The summed E-state index contributed by atoms with van der Waals surface area (Å²) < 4.78 is 28.3. The van der Waals surface area contributed by atoms with Gasteiger partial charge in [-0.05, 0) is 43.5 Å². The number of hydrogen-bond acceptors (Lipinski definition) is 3. The van der Waals surface area contributed by atoms with Gasteiger partial charge in [0.25, 0.3) is 5.91 Å². The predicted molar refractivity (Wildman–Crippen MR) is 70.7 cm³/mol. The number of likely N-dealkylation sites (tertiary alicyclic amines) is 1. The minimum absolute atomic E-state index is 0.0476. The molecule has 20 heavy (non-hydrogen) atoms. The van der Waals surface area contributed by atoms with E-state index in [0.29, 0.717) is 24.6 Å². The molecule has 2 unspecified atom stereocenters. The second-order valence-corrected chi connectivity index (χ2v) is 5.06. The monoisotopic (exact) mass is 284 g/mol. The average molecular weight is 284 g/mol. The Morgan fingerprint density at radius 1 is 1.40 bits per heavy atom. The molecular weight excluding hydrogens is 266 g/mol. The van der Waals surface area contributed by atoms with Gasteiger partial charge in [0.15, 0.2) is 0 Å². The highest BCUT2D eigenvalue weighted by Crippen LogP contribution is 2.22. The second kappa shape index (κ2) is 6.17. The van der Waals surface area contributed by atoms with E-state index < -0.39 is 6.61 Å². The molecule has 1 fully saturated rings. The fourth-order valence-corrected chi connectivity index (χ4v) is 2.36. The van der Waals surface area contributed by atoms with E-state index in [1.54, 1.807) is 4.90 Å². The molecule has 0 radical (unpaired) electrons. The van der Waals surface area contributed by atoms with Gasteiger partial charge in [-0.2, -0.15) is 8.78 Å². The number of nitrogens with two attached hydrogens (primary N) is 1. The van der Waals surface area contributed by atoms with E-state index in [0.717, 1.165) is 6.42 Å². The van der Waals surface area contributed by atoms with Crippen molar-refractivity contribution < 1.29 is 18.3 Å². The molecule has 0 saturated carbocycles. The molecule has 1 amide bonds. The van der Waals surface area contributed by atoms with Gasteiger partial charge in [-0.3, -0.25) is 4.79 Å². The van der Waals surface area contributed by atoms with Gasteiger partial charge >= 0.3 is 6.61 Å². The van der Waals surface area contributed by atoms with E-state index in [-0.39, 0.29) is 17.7 Å². The third kappa shape index (κ3) is 3.45. The van der Waals surface area contributed by atoms with Crippen LogP contribution in [0.15, 0.2) is 24.3 Å². The number of nitrogens with zero attached hydrogens (tertiary/aromatic N) is 1. The van der Waals surface area contributed by atoms with E-state index in [2.05, 4.69) is 4.74 Å². The van der Waals surface area contributed by atoms with Crippen molar-refractivity contribution in [1.29, 1.82) is 0 Å². The Kier molecular flexibility index (Phi) is 4.54. The zero-order valence-corrected chi connectivity index (χ0v) is 11.3. The van der Waals surface area contributed by atoms with Crippen LogP contribution < -0.4 is 10.5 Å². The van der Waals surface area contributed by atoms with Gasteiger partial charge in [0, 0.05) is 24.7 Å². The summed E-state index contributed by atoms with van der Waals surface area (Å²) in [6.07, 6.45) is 0.899. The molecule has 1 saturated heterocycles. The van der Waals surface area contributed by atoms with Crippen molar-refractivity contribution in [3.8, 4) is 5.75 Å². The van der Waals surface area contributed by atoms with Gasteiger partial charge in [0.05, 0.1) is 0 Å². The minimum atomic E-state index is -2.86. The zero-order valence-electron chi connectivity index (χ0n) is 11.3. The molecule has 1 aliphatic heterocycles. The SMILES string of the molecule is CC(N)C1CCN(C(=O)c2ccc(OC(F)F)cc2)C1. The van der Waals surface area contributed by atoms with Gasteiger partial charge in [0.2, 0.25) is 0 Å². The lowest BCUT2D eigenvalue weighted by molar-refractivity contribution is -0.0498. The number of amides is 1. The van der Waals surface area contributed by atoms with E-state index in [1.807, 2.05) is 6.92 Å². The van der Waals surface area contributed by atoms with Crippen LogP contribution in [0.1, 0.15) is 23.7 Å². The first-order valence-corrected chi connectivity index (χ1v) is 6.57. The molecule has 110 valence electrons. The lowest BCUT2D eigenvalue weighted by atomic mass is 10.0. The maximum absolute atomic E-state index is 12.2. The molecule has 1 aliphatic rings. The predicted octanol–water partition coefficient (Wildman–Crippen LogP) is 2.10. The van der Waals surface area contributed by atoms with Crippen molar-refractivity contribution in [3.63, 3.8) is 0 Å². The first-order valence-electron chi connectivity index (χ1n) is 6.57. The molecule has 0 aromatic heterocycles. The molecule has 1 aromatic rings. The van der Waals surface area contributed by atoms with Crippen molar-refractivity contribution in [2.75, 3.05) is 13.1 Å². The van der Waals surface area contributed by atoms with Crippen LogP contribution in [0.2, 0.25) is 0 Å². The third-order valence-corrected chi connectivity index (χ3v) is 3.58. The molecule has 2 rings (SSSR count). The van der Waals surface area contributed by atoms with Crippen LogP contribution in [-0.2, 0) is 0 Å². The van der Waals surface area contributed by atoms with Gasteiger partial charge in [-0.15, -0.1) is 0 Å².